The van der Waals surface area contributed by atoms with Crippen molar-refractivity contribution in [2.45, 2.75) is 51.8 Å². The van der Waals surface area contributed by atoms with Crippen LogP contribution in [0.2, 0.25) is 0 Å². The Hall–Kier alpha value is -4.27. The lowest BCUT2D eigenvalue weighted by atomic mass is 9.85. The van der Waals surface area contributed by atoms with Gasteiger partial charge in [-0.2, -0.15) is 0 Å². The van der Waals surface area contributed by atoms with Crippen LogP contribution in [0.3, 0.4) is 0 Å². The van der Waals surface area contributed by atoms with Gasteiger partial charge in [-0.15, -0.1) is 0 Å². The number of anilines is 3. The molecule has 0 saturated carbocycles. The molecule has 3 N–H and O–H groups in total. The van der Waals surface area contributed by atoms with Crippen LogP contribution in [0.15, 0.2) is 72.9 Å². The van der Waals surface area contributed by atoms with Crippen LogP contribution in [0.4, 0.5) is 17.1 Å². The number of hydrogen-bond donors (Lipinski definition) is 3. The Morgan fingerprint density at radius 3 is 2.76 bits per heavy atom. The van der Waals surface area contributed by atoms with E-state index in [9.17, 15) is 9.59 Å². The summed E-state index contributed by atoms with van der Waals surface area (Å²) >= 11 is 0. The van der Waals surface area contributed by atoms with E-state index in [1.165, 1.54) is 0 Å². The number of pyridine rings is 1. The summed E-state index contributed by atoms with van der Waals surface area (Å²) in [6.07, 6.45) is 1.92. The minimum Gasteiger partial charge on any atom is -0.380 e. The zero-order valence-corrected chi connectivity index (χ0v) is 24.4. The molecule has 1 atom stereocenters. The van der Waals surface area contributed by atoms with Crippen molar-refractivity contribution in [2.75, 3.05) is 35.2 Å². The van der Waals surface area contributed by atoms with Crippen LogP contribution in [0, 0.1) is 0 Å². The van der Waals surface area contributed by atoms with Crippen molar-refractivity contribution in [1.82, 2.24) is 10.3 Å². The number of morpholine rings is 1. The molecule has 4 aromatic rings. The number of carbonyl (C=O) groups excluding carboxylic acids is 2. The highest BCUT2D eigenvalue weighted by atomic mass is 16.5. The molecule has 3 aromatic carbocycles. The van der Waals surface area contributed by atoms with Gasteiger partial charge in [0.2, 0.25) is 5.91 Å². The Morgan fingerprint density at radius 1 is 1.07 bits per heavy atom. The van der Waals surface area contributed by atoms with Gasteiger partial charge < -0.3 is 25.6 Å². The van der Waals surface area contributed by atoms with Crippen molar-refractivity contribution in [2.24, 2.45) is 0 Å². The molecular formula is C34H37N5O3. The number of nitrogens with zero attached hydrogens (tertiary/aromatic N) is 2. The molecule has 8 nitrogen and oxygen atoms in total. The quantitative estimate of drug-likeness (QED) is 0.270. The second-order valence-electron chi connectivity index (χ2n) is 12.0. The van der Waals surface area contributed by atoms with Crippen LogP contribution in [0.25, 0.3) is 10.9 Å². The van der Waals surface area contributed by atoms with E-state index in [0.29, 0.717) is 31.8 Å². The van der Waals surface area contributed by atoms with E-state index < -0.39 is 0 Å². The van der Waals surface area contributed by atoms with E-state index in [-0.39, 0.29) is 29.8 Å². The average Bonchev–Trinajstić information content (AvgIpc) is 3.32. The van der Waals surface area contributed by atoms with E-state index >= 15 is 0 Å². The predicted molar refractivity (Wildman–Crippen MR) is 167 cm³/mol. The molecule has 0 aliphatic carbocycles. The molecule has 6 rings (SSSR count). The molecular weight excluding hydrogens is 526 g/mol. The molecule has 216 valence electrons. The van der Waals surface area contributed by atoms with Gasteiger partial charge in [-0.25, -0.2) is 0 Å². The highest BCUT2D eigenvalue weighted by Crippen LogP contribution is 2.37. The number of fused-ring (bicyclic) bond motifs is 2. The number of aromatic nitrogens is 1. The first-order valence-electron chi connectivity index (χ1n) is 14.5. The maximum Gasteiger partial charge on any atom is 0.261 e. The molecule has 1 saturated heterocycles. The van der Waals surface area contributed by atoms with Gasteiger partial charge in [-0.3, -0.25) is 14.6 Å². The van der Waals surface area contributed by atoms with Crippen LogP contribution in [-0.2, 0) is 28.0 Å². The number of benzene rings is 3. The third-order valence-electron chi connectivity index (χ3n) is 7.90. The summed E-state index contributed by atoms with van der Waals surface area (Å²) in [7, 11) is 0. The maximum atomic E-state index is 13.8. The van der Waals surface area contributed by atoms with Crippen molar-refractivity contribution in [3.05, 3.63) is 95.2 Å². The fraction of sp³-hybridized carbons (Fsp3) is 0.324. The van der Waals surface area contributed by atoms with E-state index in [0.717, 1.165) is 51.2 Å². The van der Waals surface area contributed by atoms with Crippen molar-refractivity contribution < 1.29 is 14.3 Å². The van der Waals surface area contributed by atoms with E-state index in [1.807, 2.05) is 48.5 Å². The highest BCUT2D eigenvalue weighted by Gasteiger charge is 2.32. The topological polar surface area (TPSA) is 95.6 Å². The molecule has 8 heteroatoms. The van der Waals surface area contributed by atoms with Gasteiger partial charge in [0.05, 0.1) is 36.8 Å². The van der Waals surface area contributed by atoms with Crippen LogP contribution in [0.5, 0.6) is 0 Å². The summed E-state index contributed by atoms with van der Waals surface area (Å²) in [5.74, 6) is -0.156. The molecule has 0 bridgehead atoms. The number of carbonyl (C=O) groups is 2. The molecule has 1 aromatic heterocycles. The Kier molecular flexibility index (Phi) is 7.66. The SMILES string of the molecule is CC(C)(C)c1ccc(N2Cc3cccc(NCc4ccc5ncccc5c4)c3C2=O)cc1NC(=O)CC1CNCCO1. The van der Waals surface area contributed by atoms with Crippen molar-refractivity contribution in [3.63, 3.8) is 0 Å². The molecule has 2 amide bonds. The molecule has 0 radical (unpaired) electrons. The number of ether oxygens (including phenoxy) is 1. The summed E-state index contributed by atoms with van der Waals surface area (Å²) in [6, 6.07) is 22.1. The minimum absolute atomic E-state index is 0.0572. The first kappa shape index (κ1) is 27.9. The Balaban J connectivity index is 1.22. The fourth-order valence-electron chi connectivity index (χ4n) is 5.77. The van der Waals surface area contributed by atoms with Gasteiger partial charge >= 0.3 is 0 Å². The maximum absolute atomic E-state index is 13.8. The number of hydrogen-bond acceptors (Lipinski definition) is 6. The lowest BCUT2D eigenvalue weighted by Crippen LogP contribution is -2.40. The monoisotopic (exact) mass is 563 g/mol. The summed E-state index contributed by atoms with van der Waals surface area (Å²) in [5, 5.41) is 11.0. The minimum atomic E-state index is -0.196. The Labute approximate surface area is 246 Å². The zero-order chi connectivity index (χ0) is 29.3. The van der Waals surface area contributed by atoms with Gasteiger partial charge in [0.15, 0.2) is 0 Å². The Bertz CT molecular complexity index is 1640. The standard InChI is InChI=1S/C34H37N5O3/c1-34(2,3)27-11-10-25(17-30(27)38-31(40)18-26-20-35-14-15-42-26)39-21-24-6-4-8-29(32(24)33(39)41)37-19-22-9-12-28-23(16-22)7-5-13-36-28/h4-13,16-17,26,35,37H,14-15,18-21H2,1-3H3,(H,38,40). The summed E-state index contributed by atoms with van der Waals surface area (Å²) in [4.78, 5) is 33.1. The first-order chi connectivity index (χ1) is 20.3. The summed E-state index contributed by atoms with van der Waals surface area (Å²) in [6.45, 7) is 9.48. The third-order valence-corrected chi connectivity index (χ3v) is 7.90. The molecule has 1 unspecified atom stereocenters. The molecule has 42 heavy (non-hydrogen) atoms. The fourth-order valence-corrected chi connectivity index (χ4v) is 5.77. The molecule has 2 aliphatic rings. The molecule has 0 spiro atoms. The lowest BCUT2D eigenvalue weighted by Gasteiger charge is -2.27. The molecule has 3 heterocycles. The second-order valence-corrected chi connectivity index (χ2v) is 12.0. The molecule has 1 fully saturated rings. The second kappa shape index (κ2) is 11.5. The van der Waals surface area contributed by atoms with Crippen LogP contribution >= 0.6 is 0 Å². The largest absolute Gasteiger partial charge is 0.380 e. The third kappa shape index (κ3) is 5.86. The van der Waals surface area contributed by atoms with Crippen molar-refractivity contribution in [1.29, 1.82) is 0 Å². The molecule has 2 aliphatic heterocycles. The smallest absolute Gasteiger partial charge is 0.261 e. The van der Waals surface area contributed by atoms with Crippen LogP contribution in [-0.4, -0.2) is 42.6 Å². The summed E-state index contributed by atoms with van der Waals surface area (Å²) < 4.78 is 5.73. The Morgan fingerprint density at radius 2 is 1.95 bits per heavy atom. The zero-order valence-electron chi connectivity index (χ0n) is 24.4. The number of rotatable bonds is 7. The number of amides is 2. The van der Waals surface area contributed by atoms with Gasteiger partial charge in [0.25, 0.3) is 5.91 Å². The normalized spacial score (nSPS) is 16.9. The average molecular weight is 564 g/mol. The first-order valence-corrected chi connectivity index (χ1v) is 14.5. The van der Waals surface area contributed by atoms with Crippen LogP contribution in [0.1, 0.15) is 54.2 Å². The van der Waals surface area contributed by atoms with E-state index in [4.69, 9.17) is 4.74 Å². The lowest BCUT2D eigenvalue weighted by molar-refractivity contribution is -0.119. The van der Waals surface area contributed by atoms with E-state index in [2.05, 4.69) is 59.9 Å². The summed E-state index contributed by atoms with van der Waals surface area (Å²) in [5.41, 5.74) is 6.84. The van der Waals surface area contributed by atoms with E-state index in [1.54, 1.807) is 11.1 Å². The van der Waals surface area contributed by atoms with Crippen molar-refractivity contribution in [3.8, 4) is 0 Å². The van der Waals surface area contributed by atoms with Crippen molar-refractivity contribution >= 4 is 39.8 Å². The highest BCUT2D eigenvalue weighted by molar-refractivity contribution is 6.13. The van der Waals surface area contributed by atoms with Gasteiger partial charge in [0, 0.05) is 48.3 Å². The van der Waals surface area contributed by atoms with Crippen LogP contribution < -0.4 is 20.9 Å². The van der Waals surface area contributed by atoms with Gasteiger partial charge in [-0.1, -0.05) is 51.1 Å². The van der Waals surface area contributed by atoms with Gasteiger partial charge in [0.1, 0.15) is 0 Å². The predicted octanol–water partition coefficient (Wildman–Crippen LogP) is 5.62. The van der Waals surface area contributed by atoms with Gasteiger partial charge in [-0.05, 0) is 58.5 Å². The number of nitrogens with one attached hydrogen (secondary N) is 3.